The number of rotatable bonds is 5. The molecule has 3 rings (SSSR count). The Kier molecular flexibility index (Phi) is 5.47. The second kappa shape index (κ2) is 7.55. The third kappa shape index (κ3) is 3.87. The number of hydrogen-bond donors (Lipinski definition) is 0. The first-order chi connectivity index (χ1) is 10.8. The highest BCUT2D eigenvalue weighted by Crippen LogP contribution is 2.30. The number of amides is 1. The molecule has 1 aromatic rings. The van der Waals surface area contributed by atoms with Crippen molar-refractivity contribution in [1.82, 2.24) is 9.88 Å². The largest absolute Gasteiger partial charge is 0.378 e. The highest BCUT2D eigenvalue weighted by Gasteiger charge is 2.27. The Labute approximate surface area is 136 Å². The maximum atomic E-state index is 12.4. The topological polar surface area (TPSA) is 42.4 Å². The lowest BCUT2D eigenvalue weighted by atomic mass is 9.98. The van der Waals surface area contributed by atoms with Crippen molar-refractivity contribution < 1.29 is 9.53 Å². The molecular weight excluding hydrogens is 296 g/mol. The van der Waals surface area contributed by atoms with Crippen molar-refractivity contribution >= 4 is 17.2 Å². The summed E-state index contributed by atoms with van der Waals surface area (Å²) in [7, 11) is 0. The third-order valence-corrected chi connectivity index (χ3v) is 5.82. The number of ether oxygens (including phenoxy) is 1. The average Bonchev–Trinajstić information content (AvgIpc) is 3.24. The van der Waals surface area contributed by atoms with Crippen LogP contribution in [0.15, 0.2) is 5.38 Å². The lowest BCUT2D eigenvalue weighted by Gasteiger charge is -2.32. The van der Waals surface area contributed by atoms with Crippen LogP contribution in [0.1, 0.15) is 62.1 Å². The van der Waals surface area contributed by atoms with E-state index in [4.69, 9.17) is 9.72 Å². The molecule has 2 saturated heterocycles. The molecule has 0 N–H and O–H groups in total. The van der Waals surface area contributed by atoms with Gasteiger partial charge in [-0.05, 0) is 38.5 Å². The Morgan fingerprint density at radius 3 is 3.09 bits per heavy atom. The van der Waals surface area contributed by atoms with E-state index in [-0.39, 0.29) is 0 Å². The van der Waals surface area contributed by atoms with Crippen LogP contribution in [-0.2, 0) is 16.0 Å². The Bertz CT molecular complexity index is 497. The molecule has 1 amide bonds. The van der Waals surface area contributed by atoms with Crippen LogP contribution in [0, 0.1) is 0 Å². The SMILES string of the molecule is CCc1csc(C2CCCN(C(=O)CCC3CCCO3)C2)n1. The third-order valence-electron chi connectivity index (χ3n) is 4.76. The van der Waals surface area contributed by atoms with Crippen molar-refractivity contribution in [2.75, 3.05) is 19.7 Å². The minimum atomic E-state index is 0.299. The van der Waals surface area contributed by atoms with E-state index in [2.05, 4.69) is 17.2 Å². The molecule has 0 aliphatic carbocycles. The van der Waals surface area contributed by atoms with Gasteiger partial charge in [0.2, 0.25) is 5.91 Å². The summed E-state index contributed by atoms with van der Waals surface area (Å²) in [5.74, 6) is 0.734. The monoisotopic (exact) mass is 322 g/mol. The van der Waals surface area contributed by atoms with Gasteiger partial charge >= 0.3 is 0 Å². The summed E-state index contributed by atoms with van der Waals surface area (Å²) in [5, 5.41) is 3.38. The lowest BCUT2D eigenvalue weighted by molar-refractivity contribution is -0.133. The van der Waals surface area contributed by atoms with Gasteiger partial charge in [0.05, 0.1) is 16.8 Å². The van der Waals surface area contributed by atoms with Crippen LogP contribution < -0.4 is 0 Å². The van der Waals surface area contributed by atoms with Crippen molar-refractivity contribution in [2.24, 2.45) is 0 Å². The number of piperidine rings is 1. The quantitative estimate of drug-likeness (QED) is 0.834. The van der Waals surface area contributed by atoms with E-state index < -0.39 is 0 Å². The number of carbonyl (C=O) groups excluding carboxylic acids is 1. The fourth-order valence-corrected chi connectivity index (χ4v) is 4.42. The molecule has 1 aromatic heterocycles. The fraction of sp³-hybridized carbons (Fsp3) is 0.765. The number of aromatic nitrogens is 1. The molecule has 0 bridgehead atoms. The molecule has 122 valence electrons. The van der Waals surface area contributed by atoms with Gasteiger partial charge in [0, 0.05) is 37.4 Å². The predicted molar refractivity (Wildman–Crippen MR) is 88.3 cm³/mol. The van der Waals surface area contributed by atoms with E-state index >= 15 is 0 Å². The lowest BCUT2D eigenvalue weighted by Crippen LogP contribution is -2.39. The highest BCUT2D eigenvalue weighted by atomic mass is 32.1. The molecule has 0 aromatic carbocycles. The first-order valence-corrected chi connectivity index (χ1v) is 9.48. The first-order valence-electron chi connectivity index (χ1n) is 8.60. The first kappa shape index (κ1) is 15.9. The molecule has 0 spiro atoms. The molecule has 4 nitrogen and oxygen atoms in total. The Morgan fingerprint density at radius 2 is 2.36 bits per heavy atom. The Hall–Kier alpha value is -0.940. The number of likely N-dealkylation sites (tertiary alicyclic amines) is 1. The predicted octanol–water partition coefficient (Wildman–Crippen LogP) is 3.37. The van der Waals surface area contributed by atoms with E-state index in [1.807, 2.05) is 0 Å². The van der Waals surface area contributed by atoms with Gasteiger partial charge in [-0.1, -0.05) is 6.92 Å². The van der Waals surface area contributed by atoms with Crippen LogP contribution in [-0.4, -0.2) is 41.6 Å². The molecule has 2 unspecified atom stereocenters. The van der Waals surface area contributed by atoms with Crippen LogP contribution in [0.4, 0.5) is 0 Å². The number of thiazole rings is 1. The van der Waals surface area contributed by atoms with Crippen LogP contribution in [0.5, 0.6) is 0 Å². The molecule has 2 fully saturated rings. The van der Waals surface area contributed by atoms with Gasteiger partial charge in [-0.3, -0.25) is 4.79 Å². The van der Waals surface area contributed by atoms with E-state index in [1.165, 1.54) is 10.7 Å². The zero-order valence-electron chi connectivity index (χ0n) is 13.4. The molecular formula is C17H26N2O2S. The highest BCUT2D eigenvalue weighted by molar-refractivity contribution is 7.09. The van der Waals surface area contributed by atoms with Crippen LogP contribution in [0.25, 0.3) is 0 Å². The smallest absolute Gasteiger partial charge is 0.222 e. The van der Waals surface area contributed by atoms with E-state index in [1.54, 1.807) is 11.3 Å². The summed E-state index contributed by atoms with van der Waals surface area (Å²) >= 11 is 1.76. The van der Waals surface area contributed by atoms with Crippen molar-refractivity contribution in [2.45, 2.75) is 63.9 Å². The summed E-state index contributed by atoms with van der Waals surface area (Å²) in [5.41, 5.74) is 1.18. The van der Waals surface area contributed by atoms with Crippen LogP contribution >= 0.6 is 11.3 Å². The van der Waals surface area contributed by atoms with Crippen molar-refractivity contribution in [3.63, 3.8) is 0 Å². The molecule has 2 aliphatic heterocycles. The summed E-state index contributed by atoms with van der Waals surface area (Å²) in [6.07, 6.45) is 7.35. The Morgan fingerprint density at radius 1 is 1.45 bits per heavy atom. The molecule has 2 atom stereocenters. The van der Waals surface area contributed by atoms with Crippen molar-refractivity contribution in [3.05, 3.63) is 16.1 Å². The van der Waals surface area contributed by atoms with Gasteiger partial charge < -0.3 is 9.64 Å². The average molecular weight is 322 g/mol. The van der Waals surface area contributed by atoms with E-state index in [9.17, 15) is 4.79 Å². The van der Waals surface area contributed by atoms with Gasteiger partial charge in [-0.2, -0.15) is 0 Å². The number of hydrogen-bond acceptors (Lipinski definition) is 4. The second-order valence-corrected chi connectivity index (χ2v) is 7.27. The van der Waals surface area contributed by atoms with E-state index in [0.717, 1.165) is 58.2 Å². The molecule has 3 heterocycles. The van der Waals surface area contributed by atoms with Crippen LogP contribution in [0.3, 0.4) is 0 Å². The maximum Gasteiger partial charge on any atom is 0.222 e. The summed E-state index contributed by atoms with van der Waals surface area (Å²) < 4.78 is 5.62. The summed E-state index contributed by atoms with van der Waals surface area (Å²) in [6, 6.07) is 0. The maximum absolute atomic E-state index is 12.4. The van der Waals surface area contributed by atoms with Crippen molar-refractivity contribution in [1.29, 1.82) is 0 Å². The number of carbonyl (C=O) groups is 1. The molecule has 0 radical (unpaired) electrons. The fourth-order valence-electron chi connectivity index (χ4n) is 3.39. The normalized spacial score (nSPS) is 25.6. The molecule has 22 heavy (non-hydrogen) atoms. The number of nitrogens with zero attached hydrogens (tertiary/aromatic N) is 2. The zero-order valence-corrected chi connectivity index (χ0v) is 14.2. The Balaban J connectivity index is 1.51. The van der Waals surface area contributed by atoms with Gasteiger partial charge in [0.15, 0.2) is 0 Å². The van der Waals surface area contributed by atoms with Gasteiger partial charge in [-0.15, -0.1) is 11.3 Å². The summed E-state index contributed by atoms with van der Waals surface area (Å²) in [4.78, 5) is 19.2. The molecule has 0 saturated carbocycles. The van der Waals surface area contributed by atoms with Crippen molar-refractivity contribution in [3.8, 4) is 0 Å². The van der Waals surface area contributed by atoms with Crippen LogP contribution in [0.2, 0.25) is 0 Å². The minimum absolute atomic E-state index is 0.299. The second-order valence-electron chi connectivity index (χ2n) is 6.38. The minimum Gasteiger partial charge on any atom is -0.378 e. The number of aryl methyl sites for hydroxylation is 1. The van der Waals surface area contributed by atoms with Gasteiger partial charge in [0.1, 0.15) is 0 Å². The molecule has 5 heteroatoms. The van der Waals surface area contributed by atoms with Gasteiger partial charge in [-0.25, -0.2) is 4.98 Å². The summed E-state index contributed by atoms with van der Waals surface area (Å²) in [6.45, 7) is 4.77. The standard InChI is InChI=1S/C17H26N2O2S/c1-2-14-12-22-17(18-14)13-5-3-9-19(11-13)16(20)8-7-15-6-4-10-21-15/h12-13,15H,2-11H2,1H3. The zero-order chi connectivity index (χ0) is 15.4. The van der Waals surface area contributed by atoms with E-state index in [0.29, 0.717) is 24.3 Å². The molecule has 2 aliphatic rings. The van der Waals surface area contributed by atoms with Gasteiger partial charge in [0.25, 0.3) is 0 Å².